The fraction of sp³-hybridized carbons (Fsp3) is 0.200. The Morgan fingerprint density at radius 3 is 2.59 bits per heavy atom. The smallest absolute Gasteiger partial charge is 0.290 e. The normalized spacial score (nSPS) is 16.2. The second-order valence-electron chi connectivity index (χ2n) is 6.34. The monoisotopic (exact) mass is 387 g/mol. The first-order valence-electron chi connectivity index (χ1n) is 8.45. The Kier molecular flexibility index (Phi) is 4.45. The molecule has 1 aliphatic rings. The number of aliphatic hydroxyl groups excluding tert-OH is 1. The van der Waals surface area contributed by atoms with Crippen molar-refractivity contribution in [2.45, 2.75) is 12.5 Å². The van der Waals surface area contributed by atoms with E-state index in [-0.39, 0.29) is 40.9 Å². The number of halogens is 2. The van der Waals surface area contributed by atoms with Gasteiger partial charge in [-0.05, 0) is 42.3 Å². The van der Waals surface area contributed by atoms with Gasteiger partial charge in [0, 0.05) is 18.2 Å². The van der Waals surface area contributed by atoms with Crippen molar-refractivity contribution in [2.24, 2.45) is 0 Å². The van der Waals surface area contributed by atoms with Crippen LogP contribution in [0.5, 0.6) is 0 Å². The zero-order valence-corrected chi connectivity index (χ0v) is 14.9. The van der Waals surface area contributed by atoms with Gasteiger partial charge in [0.25, 0.3) is 5.91 Å². The lowest BCUT2D eigenvalue weighted by Gasteiger charge is -2.24. The topological polar surface area (TPSA) is 70.8 Å². The zero-order chi connectivity index (χ0) is 19.1. The van der Waals surface area contributed by atoms with Gasteiger partial charge >= 0.3 is 0 Å². The number of hydrogen-bond donors (Lipinski definition) is 1. The fourth-order valence-corrected chi connectivity index (χ4v) is 3.63. The number of hydrogen-bond acceptors (Lipinski definition) is 4. The summed E-state index contributed by atoms with van der Waals surface area (Å²) < 4.78 is 19.1. The number of rotatable bonds is 4. The minimum atomic E-state index is -0.709. The molecule has 7 heteroatoms. The predicted molar refractivity (Wildman–Crippen MR) is 98.5 cm³/mol. The molecule has 0 saturated carbocycles. The van der Waals surface area contributed by atoms with E-state index in [0.29, 0.717) is 17.0 Å². The summed E-state index contributed by atoms with van der Waals surface area (Å²) in [5, 5.41) is 9.84. The number of amides is 1. The Balaban J connectivity index is 1.97. The van der Waals surface area contributed by atoms with Crippen LogP contribution < -0.4 is 5.43 Å². The Morgan fingerprint density at radius 2 is 1.89 bits per heavy atom. The third kappa shape index (κ3) is 2.91. The molecule has 1 N–H and O–H groups in total. The van der Waals surface area contributed by atoms with Crippen molar-refractivity contribution in [3.63, 3.8) is 0 Å². The maximum absolute atomic E-state index is 13.4. The lowest BCUT2D eigenvalue weighted by Crippen LogP contribution is -2.31. The highest BCUT2D eigenvalue weighted by molar-refractivity contribution is 6.31. The van der Waals surface area contributed by atoms with E-state index < -0.39 is 17.8 Å². The van der Waals surface area contributed by atoms with Gasteiger partial charge in [0.15, 0.2) is 5.43 Å². The van der Waals surface area contributed by atoms with E-state index in [2.05, 4.69) is 0 Å². The molecular weight excluding hydrogens is 373 g/mol. The molecule has 138 valence electrons. The van der Waals surface area contributed by atoms with Crippen molar-refractivity contribution < 1.29 is 18.7 Å². The number of carbonyl (C=O) groups excluding carboxylic acids is 1. The summed E-state index contributed by atoms with van der Waals surface area (Å²) in [5.41, 5.74) is 0.732. The van der Waals surface area contributed by atoms with E-state index in [1.165, 1.54) is 35.2 Å². The lowest BCUT2D eigenvalue weighted by atomic mass is 9.98. The van der Waals surface area contributed by atoms with E-state index in [0.717, 1.165) is 0 Å². The van der Waals surface area contributed by atoms with Crippen LogP contribution >= 0.6 is 11.6 Å². The van der Waals surface area contributed by atoms with Crippen molar-refractivity contribution in [3.05, 3.63) is 80.4 Å². The summed E-state index contributed by atoms with van der Waals surface area (Å²) in [6, 6.07) is 9.56. The summed E-state index contributed by atoms with van der Waals surface area (Å²) in [4.78, 5) is 27.6. The van der Waals surface area contributed by atoms with Crippen LogP contribution in [0.1, 0.15) is 34.1 Å². The summed E-state index contributed by atoms with van der Waals surface area (Å²) in [5.74, 6) is -0.869. The largest absolute Gasteiger partial charge is 0.450 e. The molecule has 27 heavy (non-hydrogen) atoms. The van der Waals surface area contributed by atoms with E-state index in [9.17, 15) is 19.1 Å². The van der Waals surface area contributed by atoms with Crippen LogP contribution in [0.15, 0.2) is 51.7 Å². The summed E-state index contributed by atoms with van der Waals surface area (Å²) >= 11 is 6.01. The molecule has 1 atom stereocenters. The van der Waals surface area contributed by atoms with Crippen molar-refractivity contribution >= 4 is 28.5 Å². The Labute approximate surface area is 158 Å². The van der Waals surface area contributed by atoms with Crippen LogP contribution in [0.3, 0.4) is 0 Å². The van der Waals surface area contributed by atoms with E-state index >= 15 is 0 Å². The van der Waals surface area contributed by atoms with E-state index in [4.69, 9.17) is 16.0 Å². The molecule has 0 radical (unpaired) electrons. The third-order valence-electron chi connectivity index (χ3n) is 4.67. The Morgan fingerprint density at radius 1 is 1.15 bits per heavy atom. The van der Waals surface area contributed by atoms with Crippen LogP contribution in [0.4, 0.5) is 4.39 Å². The molecule has 3 aromatic rings. The van der Waals surface area contributed by atoms with Crippen molar-refractivity contribution in [3.8, 4) is 0 Å². The molecule has 1 amide bonds. The standard InChI is InChI=1S/C20H15ClFNO4/c21-12-4-7-15-14(10-12)18(25)16-17(11-2-5-13(22)6-3-11)23(8-1-9-24)20(26)19(16)27-15/h2-7,10,17,24H,1,8-9H2/t17-/m0/s1. The minimum Gasteiger partial charge on any atom is -0.450 e. The number of fused-ring (bicyclic) bond motifs is 2. The quantitative estimate of drug-likeness (QED) is 0.743. The summed E-state index contributed by atoms with van der Waals surface area (Å²) in [6.07, 6.45) is 0.344. The van der Waals surface area contributed by atoms with Crippen LogP contribution in [0.25, 0.3) is 11.0 Å². The van der Waals surface area contributed by atoms with Crippen LogP contribution in [-0.4, -0.2) is 29.1 Å². The molecule has 4 rings (SSSR count). The maximum Gasteiger partial charge on any atom is 0.290 e. The van der Waals surface area contributed by atoms with Crippen molar-refractivity contribution in [1.82, 2.24) is 4.90 Å². The minimum absolute atomic E-state index is 0.0258. The second kappa shape index (κ2) is 6.79. The van der Waals surface area contributed by atoms with Crippen molar-refractivity contribution in [2.75, 3.05) is 13.2 Å². The first-order chi connectivity index (χ1) is 13.0. The number of nitrogens with zero attached hydrogens (tertiary/aromatic N) is 1. The molecule has 2 heterocycles. The molecule has 0 aliphatic carbocycles. The van der Waals surface area contributed by atoms with Gasteiger partial charge in [0.2, 0.25) is 5.76 Å². The molecule has 5 nitrogen and oxygen atoms in total. The molecule has 0 fully saturated rings. The average molecular weight is 388 g/mol. The predicted octanol–water partition coefficient (Wildman–Crippen LogP) is 3.51. The Hall–Kier alpha value is -2.70. The SMILES string of the molecule is O=C1c2oc3ccc(Cl)cc3c(=O)c2[C@H](c2ccc(F)cc2)N1CCCO. The number of carbonyl (C=O) groups is 1. The first-order valence-corrected chi connectivity index (χ1v) is 8.82. The van der Waals surface area contributed by atoms with E-state index in [1.807, 2.05) is 0 Å². The van der Waals surface area contributed by atoms with Crippen LogP contribution in [-0.2, 0) is 0 Å². The van der Waals surface area contributed by atoms with Gasteiger partial charge < -0.3 is 14.4 Å². The Bertz CT molecular complexity index is 1090. The highest BCUT2D eigenvalue weighted by atomic mass is 35.5. The fourth-order valence-electron chi connectivity index (χ4n) is 3.46. The molecule has 0 spiro atoms. The second-order valence-corrected chi connectivity index (χ2v) is 6.78. The summed E-state index contributed by atoms with van der Waals surface area (Å²) in [6.45, 7) is 0.132. The van der Waals surface area contributed by atoms with Crippen molar-refractivity contribution in [1.29, 1.82) is 0 Å². The van der Waals surface area contributed by atoms with Gasteiger partial charge in [-0.15, -0.1) is 0 Å². The highest BCUT2D eigenvalue weighted by Gasteiger charge is 2.42. The maximum atomic E-state index is 13.4. The van der Waals surface area contributed by atoms with Crippen LogP contribution in [0.2, 0.25) is 5.02 Å². The average Bonchev–Trinajstić information content (AvgIpc) is 2.94. The molecular formula is C20H15ClFNO4. The van der Waals surface area contributed by atoms with E-state index in [1.54, 1.807) is 12.1 Å². The zero-order valence-electron chi connectivity index (χ0n) is 14.1. The highest BCUT2D eigenvalue weighted by Crippen LogP contribution is 2.38. The lowest BCUT2D eigenvalue weighted by molar-refractivity contribution is 0.0716. The van der Waals surface area contributed by atoms with Gasteiger partial charge in [0.05, 0.1) is 17.0 Å². The van der Waals surface area contributed by atoms with Gasteiger partial charge in [-0.1, -0.05) is 23.7 Å². The molecule has 0 unspecified atom stereocenters. The first kappa shape index (κ1) is 17.7. The van der Waals surface area contributed by atoms with Crippen LogP contribution in [0, 0.1) is 5.82 Å². The molecule has 0 saturated heterocycles. The third-order valence-corrected chi connectivity index (χ3v) is 4.91. The van der Waals surface area contributed by atoms with Gasteiger partial charge in [-0.3, -0.25) is 9.59 Å². The number of aliphatic hydroxyl groups is 1. The van der Waals surface area contributed by atoms with Gasteiger partial charge in [0.1, 0.15) is 11.4 Å². The molecule has 1 aromatic heterocycles. The summed E-state index contributed by atoms with van der Waals surface area (Å²) in [7, 11) is 0. The molecule has 2 aromatic carbocycles. The number of benzene rings is 2. The molecule has 1 aliphatic heterocycles. The van der Waals surface area contributed by atoms with Gasteiger partial charge in [-0.2, -0.15) is 0 Å². The molecule has 0 bridgehead atoms. The van der Waals surface area contributed by atoms with Gasteiger partial charge in [-0.25, -0.2) is 4.39 Å².